The summed E-state index contributed by atoms with van der Waals surface area (Å²) in [5, 5.41) is 69.1. The summed E-state index contributed by atoms with van der Waals surface area (Å²) >= 11 is 2.21. The number of nitrogens with one attached hydrogen (secondary N) is 2. The second-order valence-corrected chi connectivity index (χ2v) is 19.2. The molecule has 0 saturated carbocycles. The topological polar surface area (TPSA) is 259 Å². The van der Waals surface area contributed by atoms with Crippen LogP contribution in [0.3, 0.4) is 0 Å². The Bertz CT molecular complexity index is 3940. The SMILES string of the molecule is Cc1c(C#N)c(CCCc2ccccc2)nc(Nc2ccccc2)c1N=Nc1snc2ccc([N+](=O)[O-])cc12.Cc1c(C#N)c(Cc2ccccc2)nc(NCCc2ccccc2)c1N=Nc1snc2ccc([N+](=O)[O-])cc12. The molecule has 4 heterocycles. The molecule has 2 N–H and O–H groups in total. The summed E-state index contributed by atoms with van der Waals surface area (Å²) in [6, 6.07) is 53.3. The Morgan fingerprint density at radius 3 is 1.53 bits per heavy atom. The minimum Gasteiger partial charge on any atom is -0.368 e. The van der Waals surface area contributed by atoms with Crippen LogP contribution in [0.15, 0.2) is 178 Å². The second kappa shape index (κ2) is 25.0. The Labute approximate surface area is 455 Å². The normalized spacial score (nSPS) is 11.1. The molecule has 0 aliphatic carbocycles. The van der Waals surface area contributed by atoms with Gasteiger partial charge in [-0.3, -0.25) is 20.2 Å². The van der Waals surface area contributed by atoms with Crippen molar-refractivity contribution in [2.24, 2.45) is 20.5 Å². The van der Waals surface area contributed by atoms with E-state index >= 15 is 0 Å². The third-order valence-electron chi connectivity index (χ3n) is 12.5. The summed E-state index contributed by atoms with van der Waals surface area (Å²) in [5.74, 6) is 1.01. The number of benzene rings is 6. The summed E-state index contributed by atoms with van der Waals surface area (Å²) in [6.07, 6.45) is 3.61. The van der Waals surface area contributed by atoms with E-state index in [-0.39, 0.29) is 11.4 Å². The van der Waals surface area contributed by atoms with Gasteiger partial charge in [-0.1, -0.05) is 109 Å². The average molecular weight is 1070 g/mol. The van der Waals surface area contributed by atoms with Gasteiger partial charge in [-0.25, -0.2) is 9.97 Å². The fraction of sp³-hybridized carbons (Fsp3) is 0.138. The Kier molecular flexibility index (Phi) is 16.9. The van der Waals surface area contributed by atoms with Gasteiger partial charge < -0.3 is 10.6 Å². The maximum absolute atomic E-state index is 11.3. The molecule has 384 valence electrons. The number of pyridine rings is 2. The molecule has 10 rings (SSSR count). The van der Waals surface area contributed by atoms with Crippen molar-refractivity contribution in [2.75, 3.05) is 17.2 Å². The van der Waals surface area contributed by atoms with Crippen molar-refractivity contribution in [1.82, 2.24) is 18.7 Å². The predicted molar refractivity (Wildman–Crippen MR) is 304 cm³/mol. The van der Waals surface area contributed by atoms with E-state index in [1.807, 2.05) is 111 Å². The third-order valence-corrected chi connectivity index (χ3v) is 14.0. The number of fused-ring (bicyclic) bond motifs is 2. The van der Waals surface area contributed by atoms with E-state index in [1.54, 1.807) is 12.1 Å². The molecule has 0 unspecified atom stereocenters. The molecule has 0 aliphatic rings. The van der Waals surface area contributed by atoms with Gasteiger partial charge >= 0.3 is 0 Å². The number of nitrogens with zero attached hydrogens (tertiary/aromatic N) is 12. The molecule has 0 atom stereocenters. The molecule has 0 amide bonds. The van der Waals surface area contributed by atoms with Gasteiger partial charge in [0.15, 0.2) is 21.6 Å². The monoisotopic (exact) mass is 1070 g/mol. The Morgan fingerprint density at radius 2 is 1.01 bits per heavy atom. The third kappa shape index (κ3) is 12.7. The summed E-state index contributed by atoms with van der Waals surface area (Å²) in [5.41, 5.74) is 9.85. The summed E-state index contributed by atoms with van der Waals surface area (Å²) < 4.78 is 8.67. The Morgan fingerprint density at radius 1 is 0.551 bits per heavy atom. The van der Waals surface area contributed by atoms with E-state index < -0.39 is 9.85 Å². The van der Waals surface area contributed by atoms with Gasteiger partial charge in [-0.2, -0.15) is 19.3 Å². The molecular weight excluding hydrogens is 1020 g/mol. The first-order valence-electron chi connectivity index (χ1n) is 24.5. The van der Waals surface area contributed by atoms with Crippen molar-refractivity contribution in [3.8, 4) is 12.1 Å². The van der Waals surface area contributed by atoms with Crippen molar-refractivity contribution in [3.63, 3.8) is 0 Å². The zero-order chi connectivity index (χ0) is 54.4. The van der Waals surface area contributed by atoms with E-state index in [4.69, 9.17) is 9.97 Å². The molecule has 78 heavy (non-hydrogen) atoms. The largest absolute Gasteiger partial charge is 0.368 e. The van der Waals surface area contributed by atoms with Crippen molar-refractivity contribution in [2.45, 2.75) is 46.0 Å². The number of hydrogen-bond donors (Lipinski definition) is 2. The van der Waals surface area contributed by atoms with Gasteiger partial charge in [-0.05, 0) is 115 Å². The predicted octanol–water partition coefficient (Wildman–Crippen LogP) is 15.6. The van der Waals surface area contributed by atoms with Crippen LogP contribution in [0, 0.1) is 56.7 Å². The first kappa shape index (κ1) is 52.8. The average Bonchev–Trinajstić information content (AvgIpc) is 4.11. The van der Waals surface area contributed by atoms with E-state index in [0.29, 0.717) is 108 Å². The number of para-hydroxylation sites is 1. The van der Waals surface area contributed by atoms with Crippen LogP contribution < -0.4 is 10.6 Å². The van der Waals surface area contributed by atoms with Crippen LogP contribution in [0.5, 0.6) is 0 Å². The number of azo groups is 2. The van der Waals surface area contributed by atoms with Crippen LogP contribution >= 0.6 is 23.1 Å². The van der Waals surface area contributed by atoms with Gasteiger partial charge in [0.1, 0.15) is 23.5 Å². The first-order valence-corrected chi connectivity index (χ1v) is 26.1. The van der Waals surface area contributed by atoms with Gasteiger partial charge in [0, 0.05) is 53.7 Å². The highest BCUT2D eigenvalue weighted by molar-refractivity contribution is 7.11. The van der Waals surface area contributed by atoms with Crippen LogP contribution in [0.4, 0.5) is 50.1 Å². The molecule has 6 aromatic carbocycles. The molecule has 0 aliphatic heterocycles. The minimum atomic E-state index is -0.455. The fourth-order valence-electron chi connectivity index (χ4n) is 8.49. The fourth-order valence-corrected chi connectivity index (χ4v) is 9.86. The highest BCUT2D eigenvalue weighted by atomic mass is 32.1. The van der Waals surface area contributed by atoms with Gasteiger partial charge in [0.25, 0.3) is 11.4 Å². The van der Waals surface area contributed by atoms with Crippen molar-refractivity contribution < 1.29 is 9.85 Å². The standard InChI is InChI=1S/2C29H23N7O2S/c1-19-24(18-30)25(14-8-11-20-9-4-2-5-10-20)32-28(31-21-12-6-3-7-13-21)27(19)33-34-29-23-17-22(36(37)38)15-16-26(23)35-39-29;1-19-24(18-30)26(16-21-10-6-3-7-11-21)32-28(31-15-14-20-8-4-2-5-9-20)27(19)33-34-29-23-17-22(36(37)38)12-13-25(23)35-39-29/h2-7,9-10,12-13,15-17H,8,11,14H2,1H3,(H,31,32);2-13,17H,14-16H2,1H3,(H,31,32). The van der Waals surface area contributed by atoms with Gasteiger partial charge in [-0.15, -0.1) is 20.5 Å². The summed E-state index contributed by atoms with van der Waals surface area (Å²) in [4.78, 5) is 31.3. The molecular formula is C58H46N14O4S2. The molecule has 4 aromatic heterocycles. The minimum absolute atomic E-state index is 0.0442. The molecule has 0 bridgehead atoms. The summed E-state index contributed by atoms with van der Waals surface area (Å²) in [6.45, 7) is 4.27. The number of aromatic nitrogens is 4. The van der Waals surface area contributed by atoms with Crippen LogP contribution in [-0.2, 0) is 25.7 Å². The van der Waals surface area contributed by atoms with Crippen molar-refractivity contribution in [3.05, 3.63) is 228 Å². The van der Waals surface area contributed by atoms with E-state index in [0.717, 1.165) is 53.6 Å². The number of nitriles is 2. The zero-order valence-electron chi connectivity index (χ0n) is 42.1. The molecule has 0 saturated heterocycles. The van der Waals surface area contributed by atoms with Crippen molar-refractivity contribution in [1.29, 1.82) is 10.5 Å². The number of rotatable bonds is 18. The van der Waals surface area contributed by atoms with E-state index in [2.05, 4.69) is 76.2 Å². The second-order valence-electron chi connectivity index (χ2n) is 17.7. The first-order chi connectivity index (χ1) is 38.1. The molecule has 0 radical (unpaired) electrons. The maximum atomic E-state index is 11.3. The lowest BCUT2D eigenvalue weighted by Gasteiger charge is -2.15. The summed E-state index contributed by atoms with van der Waals surface area (Å²) in [7, 11) is 0. The quantitative estimate of drug-likeness (QED) is 0.0462. The van der Waals surface area contributed by atoms with Crippen LogP contribution in [0.25, 0.3) is 21.8 Å². The smallest absolute Gasteiger partial charge is 0.270 e. The van der Waals surface area contributed by atoms with E-state index in [1.165, 1.54) is 35.4 Å². The number of non-ortho nitro benzene ring substituents is 2. The molecule has 18 nitrogen and oxygen atoms in total. The zero-order valence-corrected chi connectivity index (χ0v) is 43.7. The highest BCUT2D eigenvalue weighted by Gasteiger charge is 2.21. The van der Waals surface area contributed by atoms with E-state index in [9.17, 15) is 30.8 Å². The molecule has 0 fully saturated rings. The molecule has 0 spiro atoms. The highest BCUT2D eigenvalue weighted by Crippen LogP contribution is 2.40. The number of aryl methyl sites for hydroxylation is 2. The molecule has 20 heteroatoms. The lowest BCUT2D eigenvalue weighted by Crippen LogP contribution is -2.10. The van der Waals surface area contributed by atoms with Crippen LogP contribution in [-0.4, -0.2) is 35.1 Å². The maximum Gasteiger partial charge on any atom is 0.270 e. The lowest BCUT2D eigenvalue weighted by molar-refractivity contribution is -0.384. The number of nitro groups is 2. The van der Waals surface area contributed by atoms with Crippen LogP contribution in [0.1, 0.15) is 56.8 Å². The van der Waals surface area contributed by atoms with Crippen molar-refractivity contribution >= 4 is 94.9 Å². The number of nitro benzene ring substituents is 2. The Hall–Kier alpha value is -10.0. The number of hydrogen-bond acceptors (Lipinski definition) is 18. The molecule has 10 aromatic rings. The lowest BCUT2D eigenvalue weighted by atomic mass is 10.0. The van der Waals surface area contributed by atoms with Crippen LogP contribution in [0.2, 0.25) is 0 Å². The van der Waals surface area contributed by atoms with Gasteiger partial charge in [0.05, 0.1) is 43.4 Å². The van der Waals surface area contributed by atoms with Gasteiger partial charge in [0.2, 0.25) is 0 Å². The number of anilines is 3. The Balaban J connectivity index is 0.000000190.